The maximum Gasteiger partial charge on any atom is 0.414 e. The van der Waals surface area contributed by atoms with Gasteiger partial charge in [0.25, 0.3) is 5.17 Å². The van der Waals surface area contributed by atoms with E-state index in [1.54, 1.807) is 11.8 Å². The molecule has 0 unspecified atom stereocenters. The van der Waals surface area contributed by atoms with Gasteiger partial charge in [0, 0.05) is 44.5 Å². The minimum atomic E-state index is -0.368. The molecule has 0 aliphatic carbocycles. The van der Waals surface area contributed by atoms with Gasteiger partial charge in [0.2, 0.25) is 5.91 Å². The molecule has 2 heterocycles. The first-order valence-electron chi connectivity index (χ1n) is 8.88. The molecule has 0 radical (unpaired) electrons. The molecule has 1 atom stereocenters. The topological polar surface area (TPSA) is 74.4 Å². The number of hydrogen-bond donors (Lipinski definition) is 1. The summed E-state index contributed by atoms with van der Waals surface area (Å²) in [5.41, 5.74) is 1.88. The Labute approximate surface area is 164 Å². The summed E-state index contributed by atoms with van der Waals surface area (Å²) in [6.07, 6.45) is -0.655. The Kier molecular flexibility index (Phi) is 6.00. The van der Waals surface area contributed by atoms with Crippen molar-refractivity contribution in [3.63, 3.8) is 0 Å². The summed E-state index contributed by atoms with van der Waals surface area (Å²) in [4.78, 5) is 29.3. The van der Waals surface area contributed by atoms with Gasteiger partial charge in [-0.25, -0.2) is 4.79 Å². The van der Waals surface area contributed by atoms with E-state index in [4.69, 9.17) is 21.7 Å². The van der Waals surface area contributed by atoms with Gasteiger partial charge in [-0.2, -0.15) is 0 Å². The molecular formula is C18H24N4O4S. The number of rotatable bonds is 4. The predicted octanol–water partition coefficient (Wildman–Crippen LogP) is 1.20. The molecule has 0 spiro atoms. The molecule has 9 heteroatoms. The molecule has 2 amide bonds. The first-order valence-corrected chi connectivity index (χ1v) is 9.29. The highest BCUT2D eigenvalue weighted by atomic mass is 32.1. The van der Waals surface area contributed by atoms with Crippen LogP contribution in [0.25, 0.3) is 0 Å². The molecule has 1 aromatic rings. The summed E-state index contributed by atoms with van der Waals surface area (Å²) < 4.78 is 10.2. The van der Waals surface area contributed by atoms with Crippen molar-refractivity contribution in [1.29, 1.82) is 0 Å². The van der Waals surface area contributed by atoms with Gasteiger partial charge < -0.3 is 24.6 Å². The number of ether oxygens (including phenoxy) is 2. The van der Waals surface area contributed by atoms with Gasteiger partial charge in [0.15, 0.2) is 0 Å². The summed E-state index contributed by atoms with van der Waals surface area (Å²) in [5.74, 6) is 0.118. The Morgan fingerprint density at radius 3 is 2.44 bits per heavy atom. The summed E-state index contributed by atoms with van der Waals surface area (Å²) in [6.45, 7) is 5.53. The molecule has 0 saturated carbocycles. The van der Waals surface area contributed by atoms with E-state index in [0.29, 0.717) is 13.1 Å². The maximum absolute atomic E-state index is 12.1. The van der Waals surface area contributed by atoms with Crippen molar-refractivity contribution in [1.82, 2.24) is 10.2 Å². The van der Waals surface area contributed by atoms with Crippen LogP contribution in [0.2, 0.25) is 0 Å². The number of amides is 2. The van der Waals surface area contributed by atoms with Gasteiger partial charge in [0.05, 0.1) is 20.2 Å². The first-order chi connectivity index (χ1) is 13.0. The number of anilines is 2. The van der Waals surface area contributed by atoms with E-state index >= 15 is 0 Å². The highest BCUT2D eigenvalue weighted by Crippen LogP contribution is 2.25. The largest absolute Gasteiger partial charge is 0.474 e. The third-order valence-corrected chi connectivity index (χ3v) is 5.10. The SMILES string of the molecule is COC(=S)NC[C@H]1CN(c2ccc(N3CCN(C(C)=O)CC3)cc2)C(=O)O1. The number of thiocarbonyl (C=S) groups is 1. The fourth-order valence-corrected chi connectivity index (χ4v) is 3.31. The van der Waals surface area contributed by atoms with E-state index in [1.807, 2.05) is 29.2 Å². The summed E-state index contributed by atoms with van der Waals surface area (Å²) >= 11 is 4.93. The maximum atomic E-state index is 12.1. The molecule has 146 valence electrons. The number of methoxy groups -OCH3 is 1. The van der Waals surface area contributed by atoms with Gasteiger partial charge >= 0.3 is 6.09 Å². The standard InChI is InChI=1S/C18H24N4O4S/c1-13(23)20-7-9-21(10-8-20)14-3-5-15(6-4-14)22-12-16(26-18(22)24)11-19-17(27)25-2/h3-6,16H,7-12H2,1-2H3,(H,19,27)/t16-/m0/s1. The van der Waals surface area contributed by atoms with E-state index in [0.717, 1.165) is 37.6 Å². The quantitative estimate of drug-likeness (QED) is 0.772. The van der Waals surface area contributed by atoms with Crippen molar-refractivity contribution in [2.24, 2.45) is 0 Å². The first kappa shape index (κ1) is 19.2. The van der Waals surface area contributed by atoms with E-state index in [1.165, 1.54) is 7.11 Å². The number of carbonyl (C=O) groups excluding carboxylic acids is 2. The molecule has 2 aliphatic heterocycles. The summed E-state index contributed by atoms with van der Waals surface area (Å²) in [6, 6.07) is 7.84. The van der Waals surface area contributed by atoms with E-state index in [-0.39, 0.29) is 23.3 Å². The lowest BCUT2D eigenvalue weighted by molar-refractivity contribution is -0.129. The molecular weight excluding hydrogens is 368 g/mol. The highest BCUT2D eigenvalue weighted by molar-refractivity contribution is 7.80. The van der Waals surface area contributed by atoms with Gasteiger partial charge in [-0.1, -0.05) is 0 Å². The van der Waals surface area contributed by atoms with Crippen LogP contribution in [0.1, 0.15) is 6.92 Å². The second-order valence-electron chi connectivity index (χ2n) is 6.50. The third kappa shape index (κ3) is 4.60. The Morgan fingerprint density at radius 1 is 1.22 bits per heavy atom. The van der Waals surface area contributed by atoms with Crippen molar-refractivity contribution < 1.29 is 19.1 Å². The van der Waals surface area contributed by atoms with Crippen molar-refractivity contribution in [2.45, 2.75) is 13.0 Å². The molecule has 2 fully saturated rings. The van der Waals surface area contributed by atoms with Gasteiger partial charge in [-0.3, -0.25) is 9.69 Å². The lowest BCUT2D eigenvalue weighted by Gasteiger charge is -2.35. The molecule has 2 aliphatic rings. The second kappa shape index (κ2) is 8.43. The van der Waals surface area contributed by atoms with Crippen molar-refractivity contribution in [3.8, 4) is 0 Å². The van der Waals surface area contributed by atoms with E-state index in [9.17, 15) is 9.59 Å². The molecule has 1 aromatic carbocycles. The number of cyclic esters (lactones) is 1. The van der Waals surface area contributed by atoms with Crippen LogP contribution in [0.3, 0.4) is 0 Å². The zero-order valence-corrected chi connectivity index (χ0v) is 16.3. The van der Waals surface area contributed by atoms with Gasteiger partial charge in [-0.05, 0) is 36.5 Å². The zero-order valence-electron chi connectivity index (χ0n) is 15.5. The lowest BCUT2D eigenvalue weighted by Crippen LogP contribution is -2.48. The average Bonchev–Trinajstić information content (AvgIpc) is 3.07. The van der Waals surface area contributed by atoms with Crippen molar-refractivity contribution in [2.75, 3.05) is 56.2 Å². The van der Waals surface area contributed by atoms with Crippen LogP contribution in [-0.2, 0) is 14.3 Å². The van der Waals surface area contributed by atoms with Gasteiger partial charge in [0.1, 0.15) is 6.10 Å². The second-order valence-corrected chi connectivity index (χ2v) is 6.87. The summed E-state index contributed by atoms with van der Waals surface area (Å²) in [7, 11) is 1.49. The van der Waals surface area contributed by atoms with E-state index in [2.05, 4.69) is 10.2 Å². The van der Waals surface area contributed by atoms with Crippen molar-refractivity contribution >= 4 is 40.8 Å². The minimum absolute atomic E-state index is 0.118. The summed E-state index contributed by atoms with van der Waals surface area (Å²) in [5, 5.41) is 3.18. The fourth-order valence-electron chi connectivity index (χ4n) is 3.23. The molecule has 1 N–H and O–H groups in total. The zero-order chi connectivity index (χ0) is 19.4. The van der Waals surface area contributed by atoms with Crippen LogP contribution in [0.5, 0.6) is 0 Å². The lowest BCUT2D eigenvalue weighted by atomic mass is 10.2. The molecule has 2 saturated heterocycles. The van der Waals surface area contributed by atoms with Crippen LogP contribution < -0.4 is 15.1 Å². The minimum Gasteiger partial charge on any atom is -0.474 e. The number of nitrogens with one attached hydrogen (secondary N) is 1. The number of benzene rings is 1. The highest BCUT2D eigenvalue weighted by Gasteiger charge is 2.32. The molecule has 0 aromatic heterocycles. The number of hydrogen-bond acceptors (Lipinski definition) is 6. The van der Waals surface area contributed by atoms with Crippen LogP contribution in [0.15, 0.2) is 24.3 Å². The monoisotopic (exact) mass is 392 g/mol. The smallest absolute Gasteiger partial charge is 0.414 e. The van der Waals surface area contributed by atoms with Crippen LogP contribution in [-0.4, -0.2) is 74.6 Å². The molecule has 3 rings (SSSR count). The normalized spacial score (nSPS) is 19.7. The fraction of sp³-hybridized carbons (Fsp3) is 0.500. The molecule has 0 bridgehead atoms. The molecule has 27 heavy (non-hydrogen) atoms. The number of piperazine rings is 1. The molecule has 8 nitrogen and oxygen atoms in total. The Balaban J connectivity index is 1.56. The van der Waals surface area contributed by atoms with E-state index < -0.39 is 0 Å². The number of carbonyl (C=O) groups is 2. The van der Waals surface area contributed by atoms with Crippen LogP contribution in [0, 0.1) is 0 Å². The third-order valence-electron chi connectivity index (χ3n) is 4.79. The van der Waals surface area contributed by atoms with Crippen LogP contribution >= 0.6 is 12.2 Å². The number of nitrogens with zero attached hydrogens (tertiary/aromatic N) is 3. The Bertz CT molecular complexity index is 704. The average molecular weight is 392 g/mol. The predicted molar refractivity (Wildman–Crippen MR) is 106 cm³/mol. The Morgan fingerprint density at radius 2 is 1.85 bits per heavy atom. The Hall–Kier alpha value is -2.55. The van der Waals surface area contributed by atoms with Gasteiger partial charge in [-0.15, -0.1) is 0 Å². The van der Waals surface area contributed by atoms with Crippen molar-refractivity contribution in [3.05, 3.63) is 24.3 Å². The van der Waals surface area contributed by atoms with Crippen LogP contribution in [0.4, 0.5) is 16.2 Å².